The van der Waals surface area contributed by atoms with Crippen LogP contribution in [0.4, 0.5) is 0 Å². The van der Waals surface area contributed by atoms with Gasteiger partial charge in [-0.3, -0.25) is 4.98 Å². The predicted octanol–water partition coefficient (Wildman–Crippen LogP) is 5.02. The van der Waals surface area contributed by atoms with Crippen LogP contribution in [0.1, 0.15) is 45.4 Å². The zero-order valence-electron chi connectivity index (χ0n) is 13.7. The third kappa shape index (κ3) is 6.94. The van der Waals surface area contributed by atoms with Gasteiger partial charge in [0.1, 0.15) is 5.76 Å². The molecule has 0 atom stereocenters. The van der Waals surface area contributed by atoms with E-state index in [1.807, 2.05) is 31.3 Å². The smallest absolute Gasteiger partial charge is 0.118 e. The average molecular weight is 285 g/mol. The molecule has 0 spiro atoms. The molecule has 2 heteroatoms. The van der Waals surface area contributed by atoms with Gasteiger partial charge in [0.15, 0.2) is 0 Å². The number of ether oxygens (including phenoxy) is 1. The van der Waals surface area contributed by atoms with Crippen LogP contribution < -0.4 is 0 Å². The molecule has 1 heterocycles. The van der Waals surface area contributed by atoms with Crippen molar-refractivity contribution in [2.24, 2.45) is 0 Å². The van der Waals surface area contributed by atoms with Crippen LogP contribution >= 0.6 is 0 Å². The van der Waals surface area contributed by atoms with Crippen molar-refractivity contribution in [3.63, 3.8) is 0 Å². The molecule has 0 amide bonds. The third-order valence-electron chi connectivity index (χ3n) is 3.34. The van der Waals surface area contributed by atoms with Crippen LogP contribution in [-0.2, 0) is 17.6 Å². The van der Waals surface area contributed by atoms with Crippen molar-refractivity contribution in [3.05, 3.63) is 65.2 Å². The van der Waals surface area contributed by atoms with Crippen molar-refractivity contribution in [3.8, 4) is 0 Å². The molecule has 0 aliphatic rings. The summed E-state index contributed by atoms with van der Waals surface area (Å²) in [5.41, 5.74) is 3.69. The lowest BCUT2D eigenvalue weighted by Crippen LogP contribution is -2.00. The highest BCUT2D eigenvalue weighted by atomic mass is 16.5. The summed E-state index contributed by atoms with van der Waals surface area (Å²) in [5, 5.41) is 0. The monoisotopic (exact) mass is 285 g/mol. The van der Waals surface area contributed by atoms with Gasteiger partial charge in [0.05, 0.1) is 6.61 Å². The predicted molar refractivity (Wildman–Crippen MR) is 90.2 cm³/mol. The molecule has 1 aromatic heterocycles. The molecular formula is C19H27NO. The summed E-state index contributed by atoms with van der Waals surface area (Å²) in [7, 11) is 0. The fourth-order valence-electron chi connectivity index (χ4n) is 1.74. The summed E-state index contributed by atoms with van der Waals surface area (Å²) in [5.74, 6) is 0.899. The molecule has 114 valence electrons. The maximum Gasteiger partial charge on any atom is 0.118 e. The second-order valence-electron chi connectivity index (χ2n) is 5.05. The Labute approximate surface area is 129 Å². The lowest BCUT2D eigenvalue weighted by molar-refractivity contribution is 0.227. The van der Waals surface area contributed by atoms with Crippen molar-refractivity contribution in [1.29, 1.82) is 0 Å². The first-order chi connectivity index (χ1) is 10.2. The van der Waals surface area contributed by atoms with Crippen LogP contribution in [0.2, 0.25) is 0 Å². The minimum Gasteiger partial charge on any atom is -0.493 e. The molecule has 1 aromatic rings. The first-order valence-corrected chi connectivity index (χ1v) is 7.76. The van der Waals surface area contributed by atoms with E-state index in [4.69, 9.17) is 4.74 Å². The Hall–Kier alpha value is -1.83. The first-order valence-electron chi connectivity index (χ1n) is 7.76. The second-order valence-corrected chi connectivity index (χ2v) is 5.05. The lowest BCUT2D eigenvalue weighted by atomic mass is 10.2. The van der Waals surface area contributed by atoms with E-state index in [0.717, 1.165) is 30.7 Å². The van der Waals surface area contributed by atoms with E-state index in [9.17, 15) is 0 Å². The largest absolute Gasteiger partial charge is 0.493 e. The molecular weight excluding hydrogens is 258 g/mol. The summed E-state index contributed by atoms with van der Waals surface area (Å²) in [6, 6.07) is 4.22. The molecule has 0 aliphatic heterocycles. The van der Waals surface area contributed by atoms with E-state index in [-0.39, 0.29) is 0 Å². The Morgan fingerprint density at radius 2 is 2.05 bits per heavy atom. The molecule has 0 N–H and O–H groups in total. The van der Waals surface area contributed by atoms with Crippen LogP contribution in [0.25, 0.3) is 0 Å². The normalized spacial score (nSPS) is 13.0. The molecule has 0 aromatic carbocycles. The van der Waals surface area contributed by atoms with Gasteiger partial charge in [0.2, 0.25) is 0 Å². The van der Waals surface area contributed by atoms with Gasteiger partial charge >= 0.3 is 0 Å². The maximum atomic E-state index is 5.83. The number of allylic oxidation sites excluding steroid dienone is 5. The van der Waals surface area contributed by atoms with Crippen LogP contribution in [0.15, 0.2) is 54.0 Å². The van der Waals surface area contributed by atoms with Gasteiger partial charge in [0.25, 0.3) is 0 Å². The zero-order chi connectivity index (χ0) is 15.5. The number of hydrogen-bond donors (Lipinski definition) is 0. The Bertz CT molecular complexity index is 495. The standard InChI is InChI=1S/C19H27NO/c1-5-8-19(12-9-16(4)6-2)21-14-13-18-11-10-17(7-3)15-20-18/h5,8-12,15H,6-7,13-14H2,1-4H3/b8-5-,16-9+,19-12+. The molecule has 0 aliphatic carbocycles. The molecule has 0 saturated carbocycles. The van der Waals surface area contributed by atoms with E-state index in [2.05, 4.69) is 44.0 Å². The van der Waals surface area contributed by atoms with Gasteiger partial charge in [0, 0.05) is 18.3 Å². The number of aromatic nitrogens is 1. The van der Waals surface area contributed by atoms with Gasteiger partial charge in [-0.15, -0.1) is 0 Å². The molecule has 0 saturated heterocycles. The summed E-state index contributed by atoms with van der Waals surface area (Å²) in [6.45, 7) is 9.07. The van der Waals surface area contributed by atoms with Crippen molar-refractivity contribution in [2.75, 3.05) is 6.61 Å². The summed E-state index contributed by atoms with van der Waals surface area (Å²) < 4.78 is 5.83. The van der Waals surface area contributed by atoms with Crippen molar-refractivity contribution < 1.29 is 4.74 Å². The Morgan fingerprint density at radius 1 is 1.24 bits per heavy atom. The molecule has 21 heavy (non-hydrogen) atoms. The lowest BCUT2D eigenvalue weighted by Gasteiger charge is -2.07. The zero-order valence-corrected chi connectivity index (χ0v) is 13.7. The van der Waals surface area contributed by atoms with E-state index < -0.39 is 0 Å². The van der Waals surface area contributed by atoms with E-state index >= 15 is 0 Å². The quantitative estimate of drug-likeness (QED) is 0.494. The van der Waals surface area contributed by atoms with Gasteiger partial charge in [-0.05, 0) is 50.5 Å². The van der Waals surface area contributed by atoms with E-state index in [0.29, 0.717) is 6.61 Å². The van der Waals surface area contributed by atoms with Crippen LogP contribution in [0.5, 0.6) is 0 Å². The number of rotatable bonds is 8. The van der Waals surface area contributed by atoms with Gasteiger partial charge in [-0.1, -0.05) is 37.6 Å². The van der Waals surface area contributed by atoms with Gasteiger partial charge in [-0.2, -0.15) is 0 Å². The molecule has 0 radical (unpaired) electrons. The Morgan fingerprint density at radius 3 is 2.62 bits per heavy atom. The van der Waals surface area contributed by atoms with Crippen molar-refractivity contribution >= 4 is 0 Å². The number of pyridine rings is 1. The number of hydrogen-bond acceptors (Lipinski definition) is 2. The minimum atomic E-state index is 0.646. The highest BCUT2D eigenvalue weighted by Crippen LogP contribution is 2.07. The highest BCUT2D eigenvalue weighted by Gasteiger charge is 1.97. The fourth-order valence-corrected chi connectivity index (χ4v) is 1.74. The summed E-state index contributed by atoms with van der Waals surface area (Å²) in [4.78, 5) is 4.45. The highest BCUT2D eigenvalue weighted by molar-refractivity contribution is 5.21. The Balaban J connectivity index is 2.53. The van der Waals surface area contributed by atoms with Crippen LogP contribution in [-0.4, -0.2) is 11.6 Å². The molecule has 1 rings (SSSR count). The molecule has 0 unspecified atom stereocenters. The third-order valence-corrected chi connectivity index (χ3v) is 3.34. The van der Waals surface area contributed by atoms with Crippen molar-refractivity contribution in [2.45, 2.75) is 47.0 Å². The first kappa shape index (κ1) is 17.2. The van der Waals surface area contributed by atoms with Crippen molar-refractivity contribution in [1.82, 2.24) is 4.98 Å². The summed E-state index contributed by atoms with van der Waals surface area (Å²) in [6.07, 6.45) is 13.0. The van der Waals surface area contributed by atoms with E-state index in [1.165, 1.54) is 11.1 Å². The molecule has 2 nitrogen and oxygen atoms in total. The fraction of sp³-hybridized carbons (Fsp3) is 0.421. The number of aryl methyl sites for hydroxylation is 1. The topological polar surface area (TPSA) is 22.1 Å². The van der Waals surface area contributed by atoms with Gasteiger partial charge < -0.3 is 4.74 Å². The van der Waals surface area contributed by atoms with Gasteiger partial charge in [-0.25, -0.2) is 0 Å². The minimum absolute atomic E-state index is 0.646. The number of nitrogens with zero attached hydrogens (tertiary/aromatic N) is 1. The van der Waals surface area contributed by atoms with E-state index in [1.54, 1.807) is 0 Å². The second kappa shape index (κ2) is 9.98. The van der Waals surface area contributed by atoms with Crippen LogP contribution in [0.3, 0.4) is 0 Å². The SMILES string of the molecule is C\C=C/C(=C\C=C(/C)CC)OCCc1ccc(CC)cn1. The molecule has 0 bridgehead atoms. The average Bonchev–Trinajstić information content (AvgIpc) is 2.52. The van der Waals surface area contributed by atoms with Crippen LogP contribution in [0, 0.1) is 0 Å². The molecule has 0 fully saturated rings. The Kier molecular flexibility index (Phi) is 8.18. The maximum absolute atomic E-state index is 5.83. The summed E-state index contributed by atoms with van der Waals surface area (Å²) >= 11 is 0.